The quantitative estimate of drug-likeness (QED) is 0.211. The van der Waals surface area contributed by atoms with E-state index in [0.29, 0.717) is 38.6 Å². The number of carbonyl (C=O) groups excluding carboxylic acids is 5. The van der Waals surface area contributed by atoms with Gasteiger partial charge in [-0.1, -0.05) is 78.6 Å². The molecular formula is C39H65N5O7S. The van der Waals surface area contributed by atoms with E-state index < -0.39 is 67.3 Å². The predicted octanol–water partition coefficient (Wildman–Crippen LogP) is 4.53. The lowest BCUT2D eigenvalue weighted by atomic mass is 9.70. The van der Waals surface area contributed by atoms with E-state index in [1.54, 1.807) is 25.7 Å². The summed E-state index contributed by atoms with van der Waals surface area (Å²) >= 11 is 0. The third kappa shape index (κ3) is 8.49. The first-order chi connectivity index (χ1) is 24.2. The molecule has 1 aliphatic heterocycles. The number of carbonyl (C=O) groups is 5. The summed E-state index contributed by atoms with van der Waals surface area (Å²) in [5, 5.41) is 9.06. The van der Waals surface area contributed by atoms with Gasteiger partial charge < -0.3 is 26.6 Å². The molecule has 4 saturated carbocycles. The number of hydrogen-bond donors (Lipinski definition) is 4. The molecule has 5 atom stereocenters. The Hall–Kier alpha value is -2.70. The standard InChI is InChI=1S/C39H65N5O7S/c1-36(2,3)52(50,51)24-39(19-11-8-12-20-39)43-35(49)42-31(38(6)17-9-7-10-18-38)34(48)44-23-27-26(16-21-37(27,4)5)29(44)33(47)41-28(30(45)32(40)46)22-25-14-13-15-25/h25-29,31H,7-24H2,1-6H3,(H2,40,46)(H,41,47)(H2,42,43,49)/t26-,27-,28?,29-,31+/m0/s1. The summed E-state index contributed by atoms with van der Waals surface area (Å²) in [6.45, 7) is 11.7. The third-order valence-corrected chi connectivity index (χ3v) is 16.6. The van der Waals surface area contributed by atoms with Gasteiger partial charge in [-0.2, -0.15) is 0 Å². The number of urea groups is 1. The number of likely N-dealkylation sites (tertiary alicyclic amines) is 1. The number of ketones is 1. The van der Waals surface area contributed by atoms with Crippen LogP contribution in [0.15, 0.2) is 0 Å². The minimum atomic E-state index is -3.57. The monoisotopic (exact) mass is 747 g/mol. The van der Waals surface area contributed by atoms with Crippen LogP contribution in [0, 0.1) is 28.6 Å². The summed E-state index contributed by atoms with van der Waals surface area (Å²) in [7, 11) is -3.57. The maximum atomic E-state index is 15.1. The van der Waals surface area contributed by atoms with Gasteiger partial charge in [0.2, 0.25) is 17.6 Å². The van der Waals surface area contributed by atoms with Gasteiger partial charge in [0, 0.05) is 6.54 Å². The van der Waals surface area contributed by atoms with Crippen molar-refractivity contribution < 1.29 is 32.4 Å². The number of hydrogen-bond acceptors (Lipinski definition) is 7. The van der Waals surface area contributed by atoms with Crippen molar-refractivity contribution in [1.82, 2.24) is 20.9 Å². The largest absolute Gasteiger partial charge is 0.363 e. The molecule has 5 amide bonds. The minimum Gasteiger partial charge on any atom is -0.363 e. The SMILES string of the molecule is CC1(C)CC[C@@H]2[C@@H](C(=O)NC(CC3CCC3)C(=O)C(N)=O)N(C(=O)[C@@H](NC(=O)NC3(CS(=O)(=O)C(C)(C)C)CCCCC3)C3(C)CCCCC3)C[C@@H]21. The van der Waals surface area contributed by atoms with Gasteiger partial charge in [-0.3, -0.25) is 19.2 Å². The molecular weight excluding hydrogens is 683 g/mol. The molecule has 0 aromatic rings. The van der Waals surface area contributed by atoms with Crippen LogP contribution >= 0.6 is 0 Å². The van der Waals surface area contributed by atoms with Crippen LogP contribution in [0.25, 0.3) is 0 Å². The van der Waals surface area contributed by atoms with Gasteiger partial charge in [0.05, 0.1) is 22.1 Å². The zero-order valence-electron chi connectivity index (χ0n) is 32.5. The van der Waals surface area contributed by atoms with Crippen molar-refractivity contribution in [2.45, 2.75) is 173 Å². The Morgan fingerprint density at radius 2 is 1.42 bits per heavy atom. The molecule has 4 aliphatic carbocycles. The molecule has 0 aromatic carbocycles. The molecule has 0 radical (unpaired) electrons. The highest BCUT2D eigenvalue weighted by atomic mass is 32.2. The highest BCUT2D eigenvalue weighted by Gasteiger charge is 2.58. The molecule has 12 nitrogen and oxygen atoms in total. The first kappa shape index (κ1) is 40.5. The van der Waals surface area contributed by atoms with E-state index in [1.807, 2.05) is 6.92 Å². The Bertz CT molecular complexity index is 1490. The van der Waals surface area contributed by atoms with Crippen LogP contribution in [0.3, 0.4) is 0 Å². The maximum absolute atomic E-state index is 15.1. The average molecular weight is 748 g/mol. The Morgan fingerprint density at radius 1 is 0.827 bits per heavy atom. The Kier molecular flexibility index (Phi) is 11.8. The molecule has 5 rings (SSSR count). The lowest BCUT2D eigenvalue weighted by Crippen LogP contribution is -2.64. The number of nitrogens with one attached hydrogen (secondary N) is 3. The van der Waals surface area contributed by atoms with E-state index in [4.69, 9.17) is 5.73 Å². The van der Waals surface area contributed by atoms with Crippen molar-refractivity contribution >= 4 is 39.4 Å². The number of nitrogens with zero attached hydrogens (tertiary/aromatic N) is 1. The average Bonchev–Trinajstić information content (AvgIpc) is 3.57. The molecule has 0 aromatic heterocycles. The van der Waals surface area contributed by atoms with Crippen molar-refractivity contribution in [2.24, 2.45) is 34.3 Å². The van der Waals surface area contributed by atoms with Gasteiger partial charge in [0.1, 0.15) is 12.1 Å². The molecule has 1 unspecified atom stereocenters. The molecule has 0 spiro atoms. The van der Waals surface area contributed by atoms with Gasteiger partial charge in [0.25, 0.3) is 5.91 Å². The van der Waals surface area contributed by atoms with Crippen LogP contribution in [0.4, 0.5) is 4.79 Å². The van der Waals surface area contributed by atoms with Crippen LogP contribution in [0.1, 0.15) is 144 Å². The first-order valence-corrected chi connectivity index (χ1v) is 21.6. The fraction of sp³-hybridized carbons (Fsp3) is 0.872. The number of rotatable bonds is 12. The van der Waals surface area contributed by atoms with Crippen LogP contribution in [-0.4, -0.2) is 83.6 Å². The van der Waals surface area contributed by atoms with E-state index in [2.05, 4.69) is 29.8 Å². The topological polar surface area (TPSA) is 185 Å². The normalized spacial score (nSPS) is 28.1. The summed E-state index contributed by atoms with van der Waals surface area (Å²) in [4.78, 5) is 70.3. The maximum Gasteiger partial charge on any atom is 0.315 e. The van der Waals surface area contributed by atoms with Crippen LogP contribution < -0.4 is 21.7 Å². The zero-order valence-corrected chi connectivity index (χ0v) is 33.3. The lowest BCUT2D eigenvalue weighted by molar-refractivity contribution is -0.145. The number of nitrogens with two attached hydrogens (primary N) is 1. The molecule has 294 valence electrons. The van der Waals surface area contributed by atoms with E-state index >= 15 is 4.79 Å². The van der Waals surface area contributed by atoms with Crippen LogP contribution in [0.5, 0.6) is 0 Å². The fourth-order valence-corrected chi connectivity index (χ4v) is 11.5. The molecule has 5 N–H and O–H groups in total. The number of primary amides is 1. The van der Waals surface area contributed by atoms with Crippen molar-refractivity contribution in [3.05, 3.63) is 0 Å². The Balaban J connectivity index is 1.44. The van der Waals surface area contributed by atoms with Gasteiger partial charge in [-0.05, 0) is 94.3 Å². The van der Waals surface area contributed by atoms with Crippen LogP contribution in [0.2, 0.25) is 0 Å². The van der Waals surface area contributed by atoms with E-state index in [1.165, 1.54) is 0 Å². The second-order valence-electron chi connectivity index (χ2n) is 19.0. The highest BCUT2D eigenvalue weighted by Crippen LogP contribution is 2.53. The molecule has 52 heavy (non-hydrogen) atoms. The molecule has 1 saturated heterocycles. The molecule has 1 heterocycles. The fourth-order valence-electron chi connectivity index (χ4n) is 9.98. The Morgan fingerprint density at radius 3 is 1.96 bits per heavy atom. The van der Waals surface area contributed by atoms with E-state index in [-0.39, 0.29) is 34.8 Å². The minimum absolute atomic E-state index is 0.0332. The Labute approximate surface area is 311 Å². The van der Waals surface area contributed by atoms with Crippen LogP contribution in [-0.2, 0) is 29.0 Å². The summed E-state index contributed by atoms with van der Waals surface area (Å²) in [6, 6.07) is -3.44. The smallest absolute Gasteiger partial charge is 0.315 e. The van der Waals surface area contributed by atoms with Gasteiger partial charge in [-0.15, -0.1) is 0 Å². The molecule has 5 fully saturated rings. The predicted molar refractivity (Wildman–Crippen MR) is 200 cm³/mol. The second kappa shape index (κ2) is 15.2. The molecule has 0 bridgehead atoms. The molecule has 5 aliphatic rings. The summed E-state index contributed by atoms with van der Waals surface area (Å²) in [5.41, 5.74) is 3.76. The van der Waals surface area contributed by atoms with E-state index in [0.717, 1.165) is 70.6 Å². The zero-order chi connectivity index (χ0) is 38.3. The van der Waals surface area contributed by atoms with Crippen molar-refractivity contribution in [2.75, 3.05) is 12.3 Å². The highest BCUT2D eigenvalue weighted by molar-refractivity contribution is 7.92. The first-order valence-electron chi connectivity index (χ1n) is 19.9. The van der Waals surface area contributed by atoms with E-state index in [9.17, 15) is 27.6 Å². The van der Waals surface area contributed by atoms with Gasteiger partial charge in [0.15, 0.2) is 9.84 Å². The second-order valence-corrected chi connectivity index (χ2v) is 21.8. The van der Waals surface area contributed by atoms with Crippen molar-refractivity contribution in [1.29, 1.82) is 0 Å². The summed E-state index contributed by atoms with van der Waals surface area (Å²) in [5.74, 6) is -2.77. The number of fused-ring (bicyclic) bond motifs is 1. The number of Topliss-reactive ketones (excluding diaryl/α,β-unsaturated/α-hetero) is 1. The van der Waals surface area contributed by atoms with Crippen molar-refractivity contribution in [3.8, 4) is 0 Å². The van der Waals surface area contributed by atoms with Gasteiger partial charge in [-0.25, -0.2) is 13.2 Å². The number of amides is 5. The summed E-state index contributed by atoms with van der Waals surface area (Å²) in [6.07, 6.45) is 12.7. The summed E-state index contributed by atoms with van der Waals surface area (Å²) < 4.78 is 26.0. The third-order valence-electron chi connectivity index (χ3n) is 13.8. The van der Waals surface area contributed by atoms with Gasteiger partial charge >= 0.3 is 6.03 Å². The lowest BCUT2D eigenvalue weighted by Gasteiger charge is -2.44. The van der Waals surface area contributed by atoms with Crippen molar-refractivity contribution in [3.63, 3.8) is 0 Å². The molecule has 13 heteroatoms. The number of sulfone groups is 1.